The summed E-state index contributed by atoms with van der Waals surface area (Å²) >= 11 is 0. The number of hydrogen-bond acceptors (Lipinski definition) is 5. The minimum Gasteiger partial charge on any atom is -0.454 e. The summed E-state index contributed by atoms with van der Waals surface area (Å²) in [6.07, 6.45) is 0.397. The number of rotatable bonds is 4. The molecule has 2 aliphatic rings. The molecule has 0 bridgehead atoms. The van der Waals surface area contributed by atoms with Gasteiger partial charge >= 0.3 is 6.03 Å². The van der Waals surface area contributed by atoms with Gasteiger partial charge in [0.1, 0.15) is 5.54 Å². The van der Waals surface area contributed by atoms with Crippen molar-refractivity contribution in [3.05, 3.63) is 23.8 Å². The maximum Gasteiger partial charge on any atom is 0.325 e. The monoisotopic (exact) mass is 315 g/mol. The number of nitriles is 1. The van der Waals surface area contributed by atoms with E-state index in [-0.39, 0.29) is 19.2 Å². The van der Waals surface area contributed by atoms with Crippen molar-refractivity contribution >= 4 is 11.9 Å². The van der Waals surface area contributed by atoms with Crippen LogP contribution < -0.4 is 14.8 Å². The van der Waals surface area contributed by atoms with Crippen LogP contribution in [0.2, 0.25) is 0 Å². The number of ether oxygens (including phenoxy) is 2. The summed E-state index contributed by atoms with van der Waals surface area (Å²) in [5.41, 5.74) is -0.484. The Morgan fingerprint density at radius 3 is 2.83 bits per heavy atom. The zero-order valence-electron chi connectivity index (χ0n) is 13.0. The number of benzene rings is 1. The van der Waals surface area contributed by atoms with Crippen LogP contribution in [0.15, 0.2) is 18.2 Å². The van der Waals surface area contributed by atoms with E-state index in [1.807, 2.05) is 13.0 Å². The van der Waals surface area contributed by atoms with Gasteiger partial charge in [0.2, 0.25) is 6.79 Å². The fraction of sp³-hybridized carbons (Fsp3) is 0.438. The van der Waals surface area contributed by atoms with E-state index in [0.29, 0.717) is 23.5 Å². The zero-order valence-corrected chi connectivity index (χ0v) is 13.0. The van der Waals surface area contributed by atoms with Crippen LogP contribution in [0.3, 0.4) is 0 Å². The molecule has 1 N–H and O–H groups in total. The summed E-state index contributed by atoms with van der Waals surface area (Å²) in [7, 11) is 0. The van der Waals surface area contributed by atoms with Crippen molar-refractivity contribution in [2.45, 2.75) is 25.8 Å². The summed E-state index contributed by atoms with van der Waals surface area (Å²) in [6, 6.07) is 6.78. The number of fused-ring (bicyclic) bond motifs is 1. The molecule has 0 aromatic heterocycles. The number of urea groups is 1. The Kier molecular flexibility index (Phi) is 3.60. The predicted molar refractivity (Wildman–Crippen MR) is 79.6 cm³/mol. The first-order chi connectivity index (χ1) is 11.0. The minimum absolute atomic E-state index is 0.0769. The number of amides is 3. The molecule has 7 nitrogen and oxygen atoms in total. The van der Waals surface area contributed by atoms with E-state index in [2.05, 4.69) is 5.32 Å². The van der Waals surface area contributed by atoms with E-state index < -0.39 is 17.5 Å². The van der Waals surface area contributed by atoms with Crippen molar-refractivity contribution < 1.29 is 19.1 Å². The fourth-order valence-corrected chi connectivity index (χ4v) is 2.91. The fourth-order valence-electron chi connectivity index (χ4n) is 2.91. The van der Waals surface area contributed by atoms with Gasteiger partial charge in [-0.25, -0.2) is 4.79 Å². The highest BCUT2D eigenvalue weighted by Crippen LogP contribution is 2.39. The van der Waals surface area contributed by atoms with Gasteiger partial charge in [0.15, 0.2) is 11.5 Å². The third-order valence-electron chi connectivity index (χ3n) is 4.25. The maximum absolute atomic E-state index is 12.9. The van der Waals surface area contributed by atoms with Crippen LogP contribution in [-0.2, 0) is 10.3 Å². The van der Waals surface area contributed by atoms with Gasteiger partial charge in [0, 0.05) is 6.54 Å². The maximum atomic E-state index is 12.9. The molecule has 0 aliphatic carbocycles. The third-order valence-corrected chi connectivity index (χ3v) is 4.25. The highest BCUT2D eigenvalue weighted by Gasteiger charge is 2.51. The lowest BCUT2D eigenvalue weighted by Gasteiger charge is -2.26. The molecule has 23 heavy (non-hydrogen) atoms. The number of carbonyl (C=O) groups excluding carboxylic acids is 2. The van der Waals surface area contributed by atoms with Crippen LogP contribution in [0.25, 0.3) is 0 Å². The summed E-state index contributed by atoms with van der Waals surface area (Å²) in [4.78, 5) is 26.2. The van der Waals surface area contributed by atoms with Gasteiger partial charge < -0.3 is 14.8 Å². The van der Waals surface area contributed by atoms with E-state index >= 15 is 0 Å². The molecule has 3 amide bonds. The number of nitrogens with zero attached hydrogens (tertiary/aromatic N) is 2. The molecule has 0 saturated carbocycles. The average molecular weight is 315 g/mol. The Morgan fingerprint density at radius 1 is 1.39 bits per heavy atom. The zero-order chi connectivity index (χ0) is 16.6. The van der Waals surface area contributed by atoms with Crippen molar-refractivity contribution in [3.8, 4) is 17.6 Å². The van der Waals surface area contributed by atoms with Gasteiger partial charge in [0.05, 0.1) is 12.0 Å². The minimum atomic E-state index is -1.13. The standard InChI is InChI=1S/C16H17N3O4/c1-3-16(11-4-5-12-13(6-11)23-9-22-12)14(20)19(15(21)18-16)8-10(2)7-17/h4-6,10H,3,8-9H2,1-2H3,(H,18,21). The largest absolute Gasteiger partial charge is 0.454 e. The molecule has 1 aromatic rings. The van der Waals surface area contributed by atoms with Crippen LogP contribution in [0, 0.1) is 17.2 Å². The quantitative estimate of drug-likeness (QED) is 0.854. The molecule has 1 saturated heterocycles. The number of imide groups is 1. The SMILES string of the molecule is CCC1(c2ccc3c(c2)OCO3)NC(=O)N(CC(C)C#N)C1=O. The first kappa shape index (κ1) is 15.2. The van der Waals surface area contributed by atoms with E-state index in [0.717, 1.165) is 4.90 Å². The Bertz CT molecular complexity index is 712. The second-order valence-corrected chi connectivity index (χ2v) is 5.70. The molecule has 2 aliphatic heterocycles. The van der Waals surface area contributed by atoms with Gasteiger partial charge in [-0.05, 0) is 31.0 Å². The number of nitrogens with one attached hydrogen (secondary N) is 1. The first-order valence-electron chi connectivity index (χ1n) is 7.45. The summed E-state index contributed by atoms with van der Waals surface area (Å²) in [6.45, 7) is 3.73. The molecular weight excluding hydrogens is 298 g/mol. The van der Waals surface area contributed by atoms with Crippen molar-refractivity contribution in [2.24, 2.45) is 5.92 Å². The highest BCUT2D eigenvalue weighted by atomic mass is 16.7. The predicted octanol–water partition coefficient (Wildman–Crippen LogP) is 1.73. The van der Waals surface area contributed by atoms with E-state index in [1.54, 1.807) is 25.1 Å². The second-order valence-electron chi connectivity index (χ2n) is 5.70. The van der Waals surface area contributed by atoms with Gasteiger partial charge in [0.25, 0.3) is 5.91 Å². The van der Waals surface area contributed by atoms with Gasteiger partial charge in [-0.15, -0.1) is 0 Å². The lowest BCUT2D eigenvalue weighted by molar-refractivity contribution is -0.132. The first-order valence-corrected chi connectivity index (χ1v) is 7.45. The third kappa shape index (κ3) is 2.27. The number of hydrogen-bond donors (Lipinski definition) is 1. The summed E-state index contributed by atoms with van der Waals surface area (Å²) < 4.78 is 10.6. The van der Waals surface area contributed by atoms with Gasteiger partial charge in [-0.3, -0.25) is 9.69 Å². The molecule has 3 rings (SSSR count). The Balaban J connectivity index is 1.97. The van der Waals surface area contributed by atoms with Crippen molar-refractivity contribution in [1.29, 1.82) is 5.26 Å². The van der Waals surface area contributed by atoms with E-state index in [1.165, 1.54) is 0 Å². The lowest BCUT2D eigenvalue weighted by atomic mass is 9.87. The van der Waals surface area contributed by atoms with E-state index in [9.17, 15) is 9.59 Å². The Labute approximate surface area is 133 Å². The molecule has 2 unspecified atom stereocenters. The summed E-state index contributed by atoms with van der Waals surface area (Å²) in [5, 5.41) is 11.7. The molecule has 0 radical (unpaired) electrons. The average Bonchev–Trinajstić information content (AvgIpc) is 3.12. The normalized spacial score (nSPS) is 23.6. The van der Waals surface area contributed by atoms with Crippen LogP contribution in [0.5, 0.6) is 11.5 Å². The molecule has 0 spiro atoms. The van der Waals surface area contributed by atoms with Crippen molar-refractivity contribution in [1.82, 2.24) is 10.2 Å². The molecule has 2 atom stereocenters. The smallest absolute Gasteiger partial charge is 0.325 e. The molecular formula is C16H17N3O4. The van der Waals surface area contributed by atoms with Crippen molar-refractivity contribution in [3.63, 3.8) is 0 Å². The second kappa shape index (κ2) is 5.47. The van der Waals surface area contributed by atoms with Gasteiger partial charge in [-0.1, -0.05) is 13.0 Å². The molecule has 7 heteroatoms. The molecule has 1 fully saturated rings. The highest BCUT2D eigenvalue weighted by molar-refractivity contribution is 6.07. The van der Waals surface area contributed by atoms with Crippen LogP contribution >= 0.6 is 0 Å². The molecule has 120 valence electrons. The van der Waals surface area contributed by atoms with Crippen LogP contribution in [0.1, 0.15) is 25.8 Å². The van der Waals surface area contributed by atoms with Gasteiger partial charge in [-0.2, -0.15) is 5.26 Å². The topological polar surface area (TPSA) is 91.7 Å². The van der Waals surface area contributed by atoms with Crippen molar-refractivity contribution in [2.75, 3.05) is 13.3 Å². The summed E-state index contributed by atoms with van der Waals surface area (Å²) in [5.74, 6) is 0.410. The van der Waals surface area contributed by atoms with E-state index in [4.69, 9.17) is 14.7 Å². The Hall–Kier alpha value is -2.75. The van der Waals surface area contributed by atoms with Crippen LogP contribution in [-0.4, -0.2) is 30.2 Å². The lowest BCUT2D eigenvalue weighted by Crippen LogP contribution is -2.43. The van der Waals surface area contributed by atoms with Crippen LogP contribution in [0.4, 0.5) is 4.79 Å². The molecule has 2 heterocycles. The number of carbonyl (C=O) groups is 2. The molecule has 1 aromatic carbocycles. The Morgan fingerprint density at radius 2 is 2.13 bits per heavy atom.